The van der Waals surface area contributed by atoms with Crippen LogP contribution in [0.25, 0.3) is 10.2 Å². The number of fused-ring (bicyclic) bond motifs is 1. The number of hydrogen-bond donors (Lipinski definition) is 0. The molecular weight excluding hydrogens is 471 g/mol. The van der Waals surface area contributed by atoms with Crippen LogP contribution in [0.5, 0.6) is 0 Å². The number of aromatic nitrogens is 1. The first-order valence-electron chi connectivity index (χ1n) is 10.3. The minimum absolute atomic E-state index is 0.111. The van der Waals surface area contributed by atoms with Crippen molar-refractivity contribution in [3.8, 4) is 0 Å². The summed E-state index contributed by atoms with van der Waals surface area (Å²) in [7, 11) is 0. The molecule has 0 amide bonds. The summed E-state index contributed by atoms with van der Waals surface area (Å²) in [5, 5.41) is 0.837. The summed E-state index contributed by atoms with van der Waals surface area (Å²) in [4.78, 5) is 9.39. The third-order valence-corrected chi connectivity index (χ3v) is 7.76. The highest BCUT2D eigenvalue weighted by Crippen LogP contribution is 2.43. The highest BCUT2D eigenvalue weighted by Gasteiger charge is 2.18. The molecule has 33 heavy (non-hydrogen) atoms. The second-order valence-corrected chi connectivity index (χ2v) is 10.2. The minimum atomic E-state index is -0.254. The zero-order valence-electron chi connectivity index (χ0n) is 17.4. The molecule has 0 saturated heterocycles. The standard InChI is InChI=1S/C27H18ClFN2S2/c28-21-10-8-20(9-11-21)26(19-4-2-1-3-5-19)33-27-31-24-15-14-23(16-25(24)32-27)30-17-18-6-12-22(29)13-7-18/h1-17,26H/t26-/m1/s1. The Balaban J connectivity index is 1.42. The summed E-state index contributed by atoms with van der Waals surface area (Å²) in [5.41, 5.74) is 5.04. The molecule has 0 bridgehead atoms. The van der Waals surface area contributed by atoms with Gasteiger partial charge in [-0.2, -0.15) is 0 Å². The van der Waals surface area contributed by atoms with E-state index in [1.807, 2.05) is 36.4 Å². The Morgan fingerprint density at radius 1 is 0.879 bits per heavy atom. The van der Waals surface area contributed by atoms with E-state index in [2.05, 4.69) is 41.4 Å². The van der Waals surface area contributed by atoms with Crippen LogP contribution in [0.15, 0.2) is 106 Å². The van der Waals surface area contributed by atoms with Gasteiger partial charge in [-0.15, -0.1) is 11.3 Å². The van der Waals surface area contributed by atoms with Gasteiger partial charge in [0.15, 0.2) is 4.34 Å². The molecule has 6 heteroatoms. The van der Waals surface area contributed by atoms with Crippen molar-refractivity contribution in [3.05, 3.63) is 125 Å². The van der Waals surface area contributed by atoms with Gasteiger partial charge in [0.05, 0.1) is 21.2 Å². The molecule has 0 radical (unpaired) electrons. The van der Waals surface area contributed by atoms with E-state index in [9.17, 15) is 4.39 Å². The summed E-state index contributed by atoms with van der Waals surface area (Å²) in [6.45, 7) is 0. The lowest BCUT2D eigenvalue weighted by atomic mass is 10.0. The number of nitrogens with zero attached hydrogens (tertiary/aromatic N) is 2. The maximum Gasteiger partial charge on any atom is 0.152 e. The Morgan fingerprint density at radius 3 is 2.36 bits per heavy atom. The van der Waals surface area contributed by atoms with Gasteiger partial charge in [-0.05, 0) is 59.2 Å². The normalized spacial score (nSPS) is 12.4. The van der Waals surface area contributed by atoms with Crippen molar-refractivity contribution < 1.29 is 4.39 Å². The summed E-state index contributed by atoms with van der Waals surface area (Å²) >= 11 is 9.51. The highest BCUT2D eigenvalue weighted by atomic mass is 35.5. The number of rotatable bonds is 6. The number of halogens is 2. The van der Waals surface area contributed by atoms with Gasteiger partial charge >= 0.3 is 0 Å². The fourth-order valence-electron chi connectivity index (χ4n) is 3.42. The van der Waals surface area contributed by atoms with Gasteiger partial charge in [0.2, 0.25) is 0 Å². The molecule has 0 spiro atoms. The summed E-state index contributed by atoms with van der Waals surface area (Å²) in [6, 6.07) is 30.7. The van der Waals surface area contributed by atoms with Crippen molar-refractivity contribution in [2.45, 2.75) is 9.59 Å². The van der Waals surface area contributed by atoms with Crippen LogP contribution in [-0.4, -0.2) is 11.2 Å². The number of hydrogen-bond acceptors (Lipinski definition) is 4. The number of thioether (sulfide) groups is 1. The van der Waals surface area contributed by atoms with Gasteiger partial charge in [0.25, 0.3) is 0 Å². The Kier molecular flexibility index (Phi) is 6.53. The minimum Gasteiger partial charge on any atom is -0.256 e. The van der Waals surface area contributed by atoms with Gasteiger partial charge in [-0.1, -0.05) is 78.0 Å². The predicted molar refractivity (Wildman–Crippen MR) is 139 cm³/mol. The van der Waals surface area contributed by atoms with E-state index >= 15 is 0 Å². The zero-order chi connectivity index (χ0) is 22.6. The van der Waals surface area contributed by atoms with Crippen molar-refractivity contribution in [2.75, 3.05) is 0 Å². The molecule has 0 unspecified atom stereocenters. The lowest BCUT2D eigenvalue weighted by Gasteiger charge is -2.16. The lowest BCUT2D eigenvalue weighted by molar-refractivity contribution is 0.628. The molecule has 0 fully saturated rings. The van der Waals surface area contributed by atoms with E-state index in [-0.39, 0.29) is 11.1 Å². The number of benzene rings is 4. The van der Waals surface area contributed by atoms with Crippen LogP contribution < -0.4 is 0 Å². The average molecular weight is 489 g/mol. The van der Waals surface area contributed by atoms with Crippen molar-refractivity contribution in [2.24, 2.45) is 4.99 Å². The molecule has 5 aromatic rings. The SMILES string of the molecule is Fc1ccc(C=Nc2ccc3nc(S[C@H](c4ccccc4)c4ccc(Cl)cc4)sc3c2)cc1. The molecule has 1 heterocycles. The average Bonchev–Trinajstić information content (AvgIpc) is 3.25. The molecule has 4 aromatic carbocycles. The van der Waals surface area contributed by atoms with E-state index in [1.54, 1.807) is 41.4 Å². The van der Waals surface area contributed by atoms with Crippen molar-refractivity contribution in [3.63, 3.8) is 0 Å². The van der Waals surface area contributed by atoms with E-state index < -0.39 is 0 Å². The molecule has 0 N–H and O–H groups in total. The van der Waals surface area contributed by atoms with Crippen LogP contribution in [0.4, 0.5) is 10.1 Å². The van der Waals surface area contributed by atoms with Gasteiger partial charge in [-0.3, -0.25) is 4.99 Å². The second-order valence-electron chi connectivity index (χ2n) is 7.40. The Morgan fingerprint density at radius 2 is 1.61 bits per heavy atom. The van der Waals surface area contributed by atoms with E-state index in [4.69, 9.17) is 16.6 Å². The molecule has 0 saturated carbocycles. The Hall–Kier alpha value is -2.99. The van der Waals surface area contributed by atoms with Crippen molar-refractivity contribution in [1.29, 1.82) is 0 Å². The molecular formula is C27H18ClFN2S2. The van der Waals surface area contributed by atoms with Crippen molar-refractivity contribution in [1.82, 2.24) is 4.98 Å². The number of aliphatic imine (C=N–C) groups is 1. The van der Waals surface area contributed by atoms with E-state index in [0.717, 1.165) is 30.8 Å². The zero-order valence-corrected chi connectivity index (χ0v) is 19.7. The largest absolute Gasteiger partial charge is 0.256 e. The summed E-state index contributed by atoms with van der Waals surface area (Å²) in [6.07, 6.45) is 1.74. The van der Waals surface area contributed by atoms with Crippen LogP contribution in [0.3, 0.4) is 0 Å². The molecule has 0 aliphatic carbocycles. The van der Waals surface area contributed by atoms with Gasteiger partial charge < -0.3 is 0 Å². The van der Waals surface area contributed by atoms with Crippen LogP contribution in [-0.2, 0) is 0 Å². The lowest BCUT2D eigenvalue weighted by Crippen LogP contribution is -1.96. The first-order chi connectivity index (χ1) is 16.1. The summed E-state index contributed by atoms with van der Waals surface area (Å²) < 4.78 is 15.2. The molecule has 1 aromatic heterocycles. The first kappa shape index (κ1) is 21.8. The van der Waals surface area contributed by atoms with Crippen molar-refractivity contribution >= 4 is 56.8 Å². The molecule has 162 valence electrons. The molecule has 5 rings (SSSR count). The predicted octanol–water partition coefficient (Wildman–Crippen LogP) is 8.72. The topological polar surface area (TPSA) is 25.2 Å². The Bertz CT molecular complexity index is 1400. The van der Waals surface area contributed by atoms with E-state index in [1.165, 1.54) is 23.3 Å². The molecule has 1 atom stereocenters. The first-order valence-corrected chi connectivity index (χ1v) is 12.4. The fourth-order valence-corrected chi connectivity index (χ4v) is 5.96. The molecule has 2 nitrogen and oxygen atoms in total. The second kappa shape index (κ2) is 9.87. The maximum absolute atomic E-state index is 13.1. The molecule has 0 aliphatic rings. The van der Waals surface area contributed by atoms with E-state index in [0.29, 0.717) is 0 Å². The van der Waals surface area contributed by atoms with Crippen LogP contribution in [0.1, 0.15) is 21.9 Å². The van der Waals surface area contributed by atoms with Crippen LogP contribution >= 0.6 is 34.7 Å². The summed E-state index contributed by atoms with van der Waals surface area (Å²) in [5.74, 6) is -0.254. The van der Waals surface area contributed by atoms with Gasteiger partial charge in [-0.25, -0.2) is 9.37 Å². The maximum atomic E-state index is 13.1. The number of thiazole rings is 1. The van der Waals surface area contributed by atoms with Gasteiger partial charge in [0, 0.05) is 11.2 Å². The third-order valence-electron chi connectivity index (χ3n) is 5.08. The Labute approximate surface area is 204 Å². The van der Waals surface area contributed by atoms with Crippen LogP contribution in [0.2, 0.25) is 5.02 Å². The third kappa shape index (κ3) is 5.33. The quantitative estimate of drug-likeness (QED) is 0.176. The molecule has 0 aliphatic heterocycles. The monoisotopic (exact) mass is 488 g/mol. The van der Waals surface area contributed by atoms with Crippen LogP contribution in [0, 0.1) is 5.82 Å². The smallest absolute Gasteiger partial charge is 0.152 e. The highest BCUT2D eigenvalue weighted by molar-refractivity contribution is 8.01. The van der Waals surface area contributed by atoms with Gasteiger partial charge in [0.1, 0.15) is 5.82 Å². The fraction of sp³-hybridized carbons (Fsp3) is 0.0370.